The standard InChI is InChI=1S/C24H25Cl3N6O2/c1-33-8-6-15(7-9-33)13-35-18-4-2-17(3-5-18)30-21-12-22(29-14-28-21)31-24(34)32-23-19(26)10-16(25)11-20(23)27/h2-5,10-12,14-15H,6-9,13H2,1H3,(H3,28,29,30,31,32,34). The van der Waals surface area contributed by atoms with E-state index < -0.39 is 6.03 Å². The number of ether oxygens (including phenoxy) is 1. The molecule has 3 N–H and O–H groups in total. The van der Waals surface area contributed by atoms with Crippen molar-refractivity contribution < 1.29 is 9.53 Å². The number of benzene rings is 2. The Bertz CT molecular complexity index is 1150. The third kappa shape index (κ3) is 7.35. The van der Waals surface area contributed by atoms with E-state index in [1.807, 2.05) is 24.3 Å². The molecule has 0 unspecified atom stereocenters. The minimum Gasteiger partial charge on any atom is -0.493 e. The number of halogens is 3. The highest BCUT2D eigenvalue weighted by Crippen LogP contribution is 2.33. The monoisotopic (exact) mass is 534 g/mol. The molecular formula is C24H25Cl3N6O2. The van der Waals surface area contributed by atoms with E-state index in [0.29, 0.717) is 22.6 Å². The van der Waals surface area contributed by atoms with Crippen molar-refractivity contribution in [3.05, 3.63) is 63.9 Å². The summed E-state index contributed by atoms with van der Waals surface area (Å²) in [4.78, 5) is 23.0. The fourth-order valence-corrected chi connectivity index (χ4v) is 4.55. The van der Waals surface area contributed by atoms with Crippen molar-refractivity contribution in [3.63, 3.8) is 0 Å². The van der Waals surface area contributed by atoms with E-state index in [2.05, 4.69) is 37.9 Å². The van der Waals surface area contributed by atoms with Crippen molar-refractivity contribution in [2.24, 2.45) is 5.92 Å². The number of anilines is 4. The highest BCUT2D eigenvalue weighted by atomic mass is 35.5. The van der Waals surface area contributed by atoms with Gasteiger partial charge in [-0.3, -0.25) is 5.32 Å². The van der Waals surface area contributed by atoms with Gasteiger partial charge < -0.3 is 20.3 Å². The second-order valence-electron chi connectivity index (χ2n) is 8.32. The van der Waals surface area contributed by atoms with E-state index in [4.69, 9.17) is 39.5 Å². The molecule has 2 heterocycles. The number of urea groups is 1. The Morgan fingerprint density at radius 1 is 1.00 bits per heavy atom. The van der Waals surface area contributed by atoms with Crippen molar-refractivity contribution in [3.8, 4) is 5.75 Å². The molecule has 11 heteroatoms. The molecule has 0 bridgehead atoms. The average molecular weight is 536 g/mol. The van der Waals surface area contributed by atoms with Crippen molar-refractivity contribution in [1.82, 2.24) is 14.9 Å². The predicted molar refractivity (Wildman–Crippen MR) is 142 cm³/mol. The van der Waals surface area contributed by atoms with Crippen LogP contribution in [0.4, 0.5) is 27.8 Å². The van der Waals surface area contributed by atoms with Gasteiger partial charge in [0.15, 0.2) is 0 Å². The normalized spacial score (nSPS) is 14.4. The van der Waals surface area contributed by atoms with Crippen LogP contribution in [0.1, 0.15) is 12.8 Å². The van der Waals surface area contributed by atoms with E-state index in [0.717, 1.165) is 44.0 Å². The lowest BCUT2D eigenvalue weighted by Crippen LogP contribution is -2.32. The van der Waals surface area contributed by atoms with E-state index >= 15 is 0 Å². The highest BCUT2D eigenvalue weighted by molar-refractivity contribution is 6.42. The molecular weight excluding hydrogens is 511 g/mol. The van der Waals surface area contributed by atoms with Gasteiger partial charge in [-0.2, -0.15) is 0 Å². The summed E-state index contributed by atoms with van der Waals surface area (Å²) in [6.45, 7) is 2.98. The van der Waals surface area contributed by atoms with Crippen molar-refractivity contribution >= 4 is 63.8 Å². The molecule has 2 amide bonds. The van der Waals surface area contributed by atoms with Crippen LogP contribution < -0.4 is 20.7 Å². The van der Waals surface area contributed by atoms with Gasteiger partial charge in [0.2, 0.25) is 0 Å². The number of nitrogens with zero attached hydrogens (tertiary/aromatic N) is 3. The molecule has 1 saturated heterocycles. The molecule has 0 radical (unpaired) electrons. The molecule has 1 fully saturated rings. The van der Waals surface area contributed by atoms with E-state index in [1.165, 1.54) is 18.5 Å². The number of hydrogen-bond acceptors (Lipinski definition) is 6. The van der Waals surface area contributed by atoms with E-state index in [9.17, 15) is 4.79 Å². The number of aromatic nitrogens is 2. The van der Waals surface area contributed by atoms with Crippen LogP contribution in [-0.4, -0.2) is 47.6 Å². The molecule has 1 aromatic heterocycles. The van der Waals surface area contributed by atoms with Crippen LogP contribution in [0.3, 0.4) is 0 Å². The Labute approximate surface area is 218 Å². The third-order valence-corrected chi connectivity index (χ3v) is 6.42. The molecule has 2 aromatic carbocycles. The van der Waals surface area contributed by atoms with Crippen LogP contribution in [0.25, 0.3) is 0 Å². The third-order valence-electron chi connectivity index (χ3n) is 5.60. The van der Waals surface area contributed by atoms with Gasteiger partial charge in [0.1, 0.15) is 23.7 Å². The van der Waals surface area contributed by atoms with Crippen molar-refractivity contribution in [2.45, 2.75) is 12.8 Å². The van der Waals surface area contributed by atoms with Gasteiger partial charge in [-0.05, 0) is 75.3 Å². The van der Waals surface area contributed by atoms with Gasteiger partial charge in [-0.1, -0.05) is 34.8 Å². The Kier molecular flexibility index (Phi) is 8.51. The van der Waals surface area contributed by atoms with Crippen molar-refractivity contribution in [2.75, 3.05) is 42.7 Å². The highest BCUT2D eigenvalue weighted by Gasteiger charge is 2.17. The summed E-state index contributed by atoms with van der Waals surface area (Å²) in [5, 5.41) is 9.23. The molecule has 35 heavy (non-hydrogen) atoms. The maximum Gasteiger partial charge on any atom is 0.324 e. The first-order chi connectivity index (χ1) is 16.9. The number of carbonyl (C=O) groups excluding carboxylic acids is 1. The quantitative estimate of drug-likeness (QED) is 0.318. The summed E-state index contributed by atoms with van der Waals surface area (Å²) in [7, 11) is 2.15. The second-order valence-corrected chi connectivity index (χ2v) is 9.57. The Morgan fingerprint density at radius 3 is 2.34 bits per heavy atom. The van der Waals surface area contributed by atoms with E-state index in [1.54, 1.807) is 6.07 Å². The molecule has 3 aromatic rings. The molecule has 184 valence electrons. The van der Waals surface area contributed by atoms with Crippen LogP contribution in [-0.2, 0) is 0 Å². The van der Waals surface area contributed by atoms with Gasteiger partial charge in [0, 0.05) is 16.8 Å². The topological polar surface area (TPSA) is 91.4 Å². The molecule has 1 aliphatic rings. The SMILES string of the molecule is CN1CCC(COc2ccc(Nc3cc(NC(=O)Nc4c(Cl)cc(Cl)cc4Cl)ncn3)cc2)CC1. The van der Waals surface area contributed by atoms with Gasteiger partial charge in [0.25, 0.3) is 0 Å². The smallest absolute Gasteiger partial charge is 0.324 e. The van der Waals surface area contributed by atoms with E-state index in [-0.39, 0.29) is 15.7 Å². The number of rotatable bonds is 7. The molecule has 1 aliphatic heterocycles. The summed E-state index contributed by atoms with van der Waals surface area (Å²) >= 11 is 18.1. The Balaban J connectivity index is 1.30. The van der Waals surface area contributed by atoms with Gasteiger partial charge >= 0.3 is 6.03 Å². The number of amides is 2. The van der Waals surface area contributed by atoms with Crippen LogP contribution in [0.15, 0.2) is 48.8 Å². The maximum absolute atomic E-state index is 12.4. The number of hydrogen-bond donors (Lipinski definition) is 3. The zero-order valence-electron chi connectivity index (χ0n) is 19.0. The minimum absolute atomic E-state index is 0.224. The number of piperidine rings is 1. The van der Waals surface area contributed by atoms with Crippen molar-refractivity contribution in [1.29, 1.82) is 0 Å². The number of carbonyl (C=O) groups is 1. The molecule has 8 nitrogen and oxygen atoms in total. The fraction of sp³-hybridized carbons (Fsp3) is 0.292. The van der Waals surface area contributed by atoms with Crippen LogP contribution in [0, 0.1) is 5.92 Å². The lowest BCUT2D eigenvalue weighted by atomic mass is 9.98. The predicted octanol–water partition coefficient (Wildman–Crippen LogP) is 6.55. The largest absolute Gasteiger partial charge is 0.493 e. The molecule has 0 aliphatic carbocycles. The van der Waals surface area contributed by atoms with Gasteiger partial charge in [-0.25, -0.2) is 14.8 Å². The maximum atomic E-state index is 12.4. The zero-order chi connectivity index (χ0) is 24.8. The first-order valence-corrected chi connectivity index (χ1v) is 12.2. The number of likely N-dealkylation sites (tertiary alicyclic amines) is 1. The summed E-state index contributed by atoms with van der Waals surface area (Å²) in [6, 6.07) is 11.7. The first kappa shape index (κ1) is 25.3. The second kappa shape index (κ2) is 11.8. The summed E-state index contributed by atoms with van der Waals surface area (Å²) in [6.07, 6.45) is 3.68. The molecule has 0 spiro atoms. The zero-order valence-corrected chi connectivity index (χ0v) is 21.3. The molecule has 0 atom stereocenters. The fourth-order valence-electron chi connectivity index (χ4n) is 3.64. The first-order valence-electron chi connectivity index (χ1n) is 11.1. The van der Waals surface area contributed by atoms with Crippen LogP contribution in [0.5, 0.6) is 5.75 Å². The number of nitrogens with one attached hydrogen (secondary N) is 3. The lowest BCUT2D eigenvalue weighted by Gasteiger charge is -2.28. The summed E-state index contributed by atoms with van der Waals surface area (Å²) < 4.78 is 5.97. The minimum atomic E-state index is -0.563. The lowest BCUT2D eigenvalue weighted by molar-refractivity contribution is 0.160. The summed E-state index contributed by atoms with van der Waals surface area (Å²) in [5.74, 6) is 2.23. The molecule has 0 saturated carbocycles. The van der Waals surface area contributed by atoms with Gasteiger partial charge in [-0.15, -0.1) is 0 Å². The molecule has 4 rings (SSSR count). The Morgan fingerprint density at radius 2 is 1.66 bits per heavy atom. The summed E-state index contributed by atoms with van der Waals surface area (Å²) in [5.41, 5.74) is 1.08. The Hall–Kier alpha value is -2.78. The van der Waals surface area contributed by atoms with Crippen LogP contribution in [0.2, 0.25) is 15.1 Å². The average Bonchev–Trinajstić information content (AvgIpc) is 2.82. The van der Waals surface area contributed by atoms with Crippen LogP contribution >= 0.6 is 34.8 Å². The van der Waals surface area contributed by atoms with Gasteiger partial charge in [0.05, 0.1) is 22.3 Å².